The number of anilines is 3. The molecule has 2 aromatic heterocycles. The van der Waals surface area contributed by atoms with Crippen LogP contribution in [0.15, 0.2) is 67.0 Å². The van der Waals surface area contributed by atoms with Gasteiger partial charge in [0.25, 0.3) is 0 Å². The lowest BCUT2D eigenvalue weighted by Gasteiger charge is -2.27. The topological polar surface area (TPSA) is 84.9 Å². The van der Waals surface area contributed by atoms with Gasteiger partial charge >= 0.3 is 0 Å². The zero-order valence-corrected chi connectivity index (χ0v) is 21.4. The zero-order valence-electron chi connectivity index (χ0n) is 21.4. The van der Waals surface area contributed by atoms with Crippen LogP contribution in [-0.4, -0.2) is 85.6 Å². The molecule has 4 heterocycles. The Morgan fingerprint density at radius 1 is 0.842 bits per heavy atom. The SMILES string of the molecule is c1cc(OCCN2CCOCC2)cc(-c2cccc3cnc(Nc4ccc(N5CCOCC5)nc4)nc23)c1. The van der Waals surface area contributed by atoms with Gasteiger partial charge in [0, 0.05) is 49.9 Å². The second kappa shape index (κ2) is 11.7. The molecule has 1 N–H and O–H groups in total. The van der Waals surface area contributed by atoms with Crippen LogP contribution in [0.5, 0.6) is 5.75 Å². The highest BCUT2D eigenvalue weighted by Gasteiger charge is 2.13. The Balaban J connectivity index is 1.17. The van der Waals surface area contributed by atoms with E-state index < -0.39 is 0 Å². The van der Waals surface area contributed by atoms with Crippen molar-refractivity contribution in [3.8, 4) is 16.9 Å². The van der Waals surface area contributed by atoms with E-state index >= 15 is 0 Å². The Labute approximate surface area is 222 Å². The number of aromatic nitrogens is 3. The number of pyridine rings is 1. The summed E-state index contributed by atoms with van der Waals surface area (Å²) in [6, 6.07) is 18.4. The highest BCUT2D eigenvalue weighted by molar-refractivity contribution is 5.94. The fraction of sp³-hybridized carbons (Fsp3) is 0.345. The number of morpholine rings is 2. The van der Waals surface area contributed by atoms with Gasteiger partial charge in [-0.25, -0.2) is 15.0 Å². The normalized spacial score (nSPS) is 16.5. The number of fused-ring (bicyclic) bond motifs is 1. The van der Waals surface area contributed by atoms with E-state index in [-0.39, 0.29) is 0 Å². The van der Waals surface area contributed by atoms with Gasteiger partial charge in [-0.15, -0.1) is 0 Å². The number of hydrogen-bond acceptors (Lipinski definition) is 9. The summed E-state index contributed by atoms with van der Waals surface area (Å²) in [4.78, 5) is 18.6. The number of nitrogens with one attached hydrogen (secondary N) is 1. The molecule has 0 spiro atoms. The van der Waals surface area contributed by atoms with E-state index in [1.54, 1.807) is 0 Å². The van der Waals surface area contributed by atoms with Crippen molar-refractivity contribution in [2.24, 2.45) is 0 Å². The van der Waals surface area contributed by atoms with Gasteiger partial charge in [0.05, 0.1) is 43.8 Å². The summed E-state index contributed by atoms with van der Waals surface area (Å²) in [6.45, 7) is 8.24. The van der Waals surface area contributed by atoms with Gasteiger partial charge in [0.2, 0.25) is 5.95 Å². The van der Waals surface area contributed by atoms with Crippen LogP contribution in [0.2, 0.25) is 0 Å². The molecule has 0 bridgehead atoms. The summed E-state index contributed by atoms with van der Waals surface area (Å²) in [5.41, 5.74) is 3.82. The smallest absolute Gasteiger partial charge is 0.227 e. The first-order valence-corrected chi connectivity index (χ1v) is 13.2. The molecule has 0 saturated carbocycles. The van der Waals surface area contributed by atoms with E-state index in [2.05, 4.69) is 43.3 Å². The van der Waals surface area contributed by atoms with E-state index in [0.717, 1.165) is 98.4 Å². The van der Waals surface area contributed by atoms with Crippen molar-refractivity contribution >= 4 is 28.4 Å². The molecule has 196 valence electrons. The summed E-state index contributed by atoms with van der Waals surface area (Å²) in [6.07, 6.45) is 3.67. The Kier molecular flexibility index (Phi) is 7.57. The maximum atomic E-state index is 6.09. The molecule has 2 fully saturated rings. The summed E-state index contributed by atoms with van der Waals surface area (Å²) in [5.74, 6) is 2.34. The van der Waals surface area contributed by atoms with Crippen molar-refractivity contribution in [3.05, 3.63) is 67.0 Å². The first-order chi connectivity index (χ1) is 18.8. The van der Waals surface area contributed by atoms with Crippen molar-refractivity contribution in [2.45, 2.75) is 0 Å². The molecule has 2 saturated heterocycles. The van der Waals surface area contributed by atoms with Gasteiger partial charge < -0.3 is 24.4 Å². The number of benzene rings is 2. The molecule has 0 aliphatic carbocycles. The molecule has 2 aromatic carbocycles. The Hall–Kier alpha value is -3.79. The highest BCUT2D eigenvalue weighted by Crippen LogP contribution is 2.30. The predicted molar refractivity (Wildman–Crippen MR) is 148 cm³/mol. The third kappa shape index (κ3) is 5.85. The first kappa shape index (κ1) is 24.5. The molecule has 38 heavy (non-hydrogen) atoms. The molecule has 0 amide bonds. The summed E-state index contributed by atoms with van der Waals surface area (Å²) >= 11 is 0. The second-order valence-corrected chi connectivity index (χ2v) is 9.40. The molecule has 2 aliphatic rings. The van der Waals surface area contributed by atoms with Crippen molar-refractivity contribution < 1.29 is 14.2 Å². The second-order valence-electron chi connectivity index (χ2n) is 9.40. The van der Waals surface area contributed by atoms with Crippen LogP contribution in [0, 0.1) is 0 Å². The van der Waals surface area contributed by atoms with Crippen LogP contribution in [0.3, 0.4) is 0 Å². The molecular formula is C29H32N6O3. The van der Waals surface area contributed by atoms with E-state index in [4.69, 9.17) is 19.2 Å². The fourth-order valence-electron chi connectivity index (χ4n) is 4.79. The number of ether oxygens (including phenoxy) is 3. The van der Waals surface area contributed by atoms with Crippen LogP contribution in [-0.2, 0) is 9.47 Å². The minimum absolute atomic E-state index is 0.531. The lowest BCUT2D eigenvalue weighted by atomic mass is 10.0. The van der Waals surface area contributed by atoms with E-state index in [1.807, 2.05) is 48.8 Å². The van der Waals surface area contributed by atoms with Gasteiger partial charge in [-0.3, -0.25) is 4.90 Å². The average Bonchev–Trinajstić information content (AvgIpc) is 2.98. The monoisotopic (exact) mass is 512 g/mol. The summed E-state index contributed by atoms with van der Waals surface area (Å²) < 4.78 is 17.0. The van der Waals surface area contributed by atoms with Gasteiger partial charge in [0.1, 0.15) is 18.2 Å². The van der Waals surface area contributed by atoms with Crippen LogP contribution in [0.1, 0.15) is 0 Å². The third-order valence-electron chi connectivity index (χ3n) is 6.87. The summed E-state index contributed by atoms with van der Waals surface area (Å²) in [7, 11) is 0. The molecule has 2 aliphatic heterocycles. The van der Waals surface area contributed by atoms with Crippen LogP contribution in [0.25, 0.3) is 22.0 Å². The predicted octanol–water partition coefficient (Wildman–Crippen LogP) is 3.98. The largest absolute Gasteiger partial charge is 0.492 e. The fourth-order valence-corrected chi connectivity index (χ4v) is 4.79. The molecule has 0 unspecified atom stereocenters. The van der Waals surface area contributed by atoms with E-state index in [0.29, 0.717) is 12.6 Å². The molecule has 6 rings (SSSR count). The van der Waals surface area contributed by atoms with Crippen LogP contribution in [0.4, 0.5) is 17.5 Å². The van der Waals surface area contributed by atoms with E-state index in [9.17, 15) is 0 Å². The van der Waals surface area contributed by atoms with Gasteiger partial charge in [0.15, 0.2) is 0 Å². The standard InChI is InChI=1S/C29H32N6O3/c1-3-22(19-25(5-1)38-18-11-34-9-14-36-15-10-34)26-6-2-4-23-20-31-29(33-28(23)26)32-24-7-8-27(30-21-24)35-12-16-37-17-13-35/h1-8,19-21H,9-18H2,(H,31,32,33). The number of para-hydroxylation sites is 1. The zero-order chi connectivity index (χ0) is 25.6. The molecule has 9 heteroatoms. The first-order valence-electron chi connectivity index (χ1n) is 13.2. The molecule has 0 radical (unpaired) electrons. The van der Waals surface area contributed by atoms with E-state index in [1.165, 1.54) is 0 Å². The lowest BCUT2D eigenvalue weighted by molar-refractivity contribution is 0.0322. The highest BCUT2D eigenvalue weighted by atomic mass is 16.5. The average molecular weight is 513 g/mol. The lowest BCUT2D eigenvalue weighted by Crippen LogP contribution is -2.38. The number of hydrogen-bond donors (Lipinski definition) is 1. The van der Waals surface area contributed by atoms with Gasteiger partial charge in [-0.05, 0) is 29.8 Å². The third-order valence-corrected chi connectivity index (χ3v) is 6.87. The maximum Gasteiger partial charge on any atom is 0.227 e. The molecule has 0 atom stereocenters. The van der Waals surface area contributed by atoms with Crippen molar-refractivity contribution in [1.29, 1.82) is 0 Å². The van der Waals surface area contributed by atoms with Crippen molar-refractivity contribution in [3.63, 3.8) is 0 Å². The Bertz CT molecular complexity index is 1350. The quantitative estimate of drug-likeness (QED) is 0.377. The van der Waals surface area contributed by atoms with Crippen LogP contribution < -0.4 is 15.0 Å². The minimum atomic E-state index is 0.531. The van der Waals surface area contributed by atoms with Crippen molar-refractivity contribution in [1.82, 2.24) is 19.9 Å². The number of rotatable bonds is 8. The Morgan fingerprint density at radius 2 is 1.66 bits per heavy atom. The molecule has 4 aromatic rings. The number of nitrogens with zero attached hydrogens (tertiary/aromatic N) is 5. The maximum absolute atomic E-state index is 6.09. The van der Waals surface area contributed by atoms with Gasteiger partial charge in [-0.1, -0.05) is 30.3 Å². The molecular weight excluding hydrogens is 480 g/mol. The van der Waals surface area contributed by atoms with Gasteiger partial charge in [-0.2, -0.15) is 0 Å². The minimum Gasteiger partial charge on any atom is -0.492 e. The van der Waals surface area contributed by atoms with Crippen LogP contribution >= 0.6 is 0 Å². The Morgan fingerprint density at radius 3 is 2.47 bits per heavy atom. The summed E-state index contributed by atoms with van der Waals surface area (Å²) in [5, 5.41) is 4.29. The van der Waals surface area contributed by atoms with Crippen molar-refractivity contribution in [2.75, 3.05) is 76.0 Å². The molecule has 9 nitrogen and oxygen atoms in total.